The zero-order valence-corrected chi connectivity index (χ0v) is 16.7. The number of aliphatic hydroxyl groups excluding tert-OH is 1. The number of rotatable bonds is 7. The molecule has 0 spiro atoms. The topological polar surface area (TPSA) is 77.5 Å². The molecule has 0 saturated carbocycles. The minimum Gasteiger partial charge on any atom is -0.414 e. The summed E-state index contributed by atoms with van der Waals surface area (Å²) in [5.74, 6) is 0. The van der Waals surface area contributed by atoms with E-state index in [9.17, 15) is 15.2 Å². The molecule has 0 aliphatic carbocycles. The Balaban J connectivity index is 1.98. The Hall–Kier alpha value is -1.70. The van der Waals surface area contributed by atoms with Gasteiger partial charge in [-0.1, -0.05) is 20.8 Å². The first-order valence-corrected chi connectivity index (χ1v) is 11.5. The number of hydrogen-bond acceptors (Lipinski definition) is 4. The van der Waals surface area contributed by atoms with E-state index in [0.717, 1.165) is 10.9 Å². The van der Waals surface area contributed by atoms with E-state index in [2.05, 4.69) is 33.9 Å². The van der Waals surface area contributed by atoms with Gasteiger partial charge in [-0.3, -0.25) is 10.1 Å². The molecule has 1 N–H and O–H groups in total. The standard InChI is InChI=1S/C18H28N2O4Si/c1-18(2,3)25(4,5)24-13-16(21)9-11-19-10-8-14-6-7-15(20(22)23)12-17(14)19/h6-8,10,12,16,21H,9,11,13H2,1-5H3. The van der Waals surface area contributed by atoms with E-state index in [-0.39, 0.29) is 10.7 Å². The van der Waals surface area contributed by atoms with E-state index in [0.29, 0.717) is 19.6 Å². The Morgan fingerprint density at radius 3 is 2.60 bits per heavy atom. The molecule has 1 aromatic heterocycles. The molecule has 6 nitrogen and oxygen atoms in total. The van der Waals surface area contributed by atoms with Gasteiger partial charge >= 0.3 is 0 Å². The third-order valence-corrected chi connectivity index (χ3v) is 9.62. The minimum absolute atomic E-state index is 0.0780. The van der Waals surface area contributed by atoms with E-state index in [1.807, 2.05) is 16.8 Å². The van der Waals surface area contributed by atoms with Crippen LogP contribution in [0, 0.1) is 10.1 Å². The quantitative estimate of drug-likeness (QED) is 0.451. The Morgan fingerprint density at radius 1 is 1.32 bits per heavy atom. The van der Waals surface area contributed by atoms with Crippen molar-refractivity contribution in [3.05, 3.63) is 40.6 Å². The van der Waals surface area contributed by atoms with Crippen LogP contribution in [-0.2, 0) is 11.0 Å². The lowest BCUT2D eigenvalue weighted by atomic mass is 10.2. The van der Waals surface area contributed by atoms with Crippen molar-refractivity contribution < 1.29 is 14.5 Å². The van der Waals surface area contributed by atoms with Crippen LogP contribution in [0.25, 0.3) is 10.9 Å². The van der Waals surface area contributed by atoms with Gasteiger partial charge in [-0.15, -0.1) is 0 Å². The van der Waals surface area contributed by atoms with Crippen LogP contribution in [0.4, 0.5) is 5.69 Å². The third kappa shape index (κ3) is 4.68. The van der Waals surface area contributed by atoms with Crippen LogP contribution in [0.3, 0.4) is 0 Å². The van der Waals surface area contributed by atoms with Crippen LogP contribution in [0.1, 0.15) is 27.2 Å². The van der Waals surface area contributed by atoms with Crippen LogP contribution >= 0.6 is 0 Å². The molecule has 0 saturated heterocycles. The number of hydrogen-bond donors (Lipinski definition) is 1. The highest BCUT2D eigenvalue weighted by molar-refractivity contribution is 6.74. The minimum atomic E-state index is -1.87. The SMILES string of the molecule is CC(C)(C)[Si](C)(C)OCC(O)CCn1ccc2ccc([N+](=O)[O-])cc21. The van der Waals surface area contributed by atoms with Crippen molar-refractivity contribution in [2.24, 2.45) is 0 Å². The van der Waals surface area contributed by atoms with Gasteiger partial charge in [0.05, 0.1) is 23.2 Å². The molecule has 2 rings (SSSR count). The molecular weight excluding hydrogens is 336 g/mol. The van der Waals surface area contributed by atoms with Crippen molar-refractivity contribution in [3.8, 4) is 0 Å². The Bertz CT molecular complexity index is 749. The number of aromatic nitrogens is 1. The molecule has 0 amide bonds. The van der Waals surface area contributed by atoms with Crippen LogP contribution in [0.5, 0.6) is 0 Å². The van der Waals surface area contributed by atoms with E-state index in [4.69, 9.17) is 4.43 Å². The van der Waals surface area contributed by atoms with Gasteiger partial charge in [0.25, 0.3) is 5.69 Å². The molecule has 138 valence electrons. The van der Waals surface area contributed by atoms with Crippen LogP contribution in [0.2, 0.25) is 18.1 Å². The maximum atomic E-state index is 10.9. The van der Waals surface area contributed by atoms with Gasteiger partial charge in [-0.2, -0.15) is 0 Å². The van der Waals surface area contributed by atoms with Crippen molar-refractivity contribution in [3.63, 3.8) is 0 Å². The highest BCUT2D eigenvalue weighted by atomic mass is 28.4. The molecule has 2 aromatic rings. The monoisotopic (exact) mass is 364 g/mol. The van der Waals surface area contributed by atoms with Crippen molar-refractivity contribution in [1.29, 1.82) is 0 Å². The van der Waals surface area contributed by atoms with Crippen LogP contribution < -0.4 is 0 Å². The molecule has 25 heavy (non-hydrogen) atoms. The van der Waals surface area contributed by atoms with Crippen LogP contribution in [0.15, 0.2) is 30.5 Å². The first-order valence-electron chi connectivity index (χ1n) is 8.56. The average molecular weight is 365 g/mol. The second kappa shape index (κ2) is 7.27. The van der Waals surface area contributed by atoms with Crippen LogP contribution in [-0.4, -0.2) is 35.6 Å². The lowest BCUT2D eigenvalue weighted by Gasteiger charge is -2.36. The van der Waals surface area contributed by atoms with E-state index >= 15 is 0 Å². The number of fused-ring (bicyclic) bond motifs is 1. The molecule has 1 atom stereocenters. The first-order chi connectivity index (χ1) is 11.5. The highest BCUT2D eigenvalue weighted by Gasteiger charge is 2.37. The average Bonchev–Trinajstić information content (AvgIpc) is 2.92. The Labute approximate surface area is 149 Å². The second-order valence-electron chi connectivity index (χ2n) is 8.02. The zero-order valence-electron chi connectivity index (χ0n) is 15.7. The lowest BCUT2D eigenvalue weighted by Crippen LogP contribution is -2.42. The fraction of sp³-hybridized carbons (Fsp3) is 0.556. The molecule has 7 heteroatoms. The summed E-state index contributed by atoms with van der Waals surface area (Å²) in [6.07, 6.45) is 1.89. The van der Waals surface area contributed by atoms with Gasteiger partial charge in [0.1, 0.15) is 0 Å². The summed E-state index contributed by atoms with van der Waals surface area (Å²) in [5.41, 5.74) is 0.890. The largest absolute Gasteiger partial charge is 0.414 e. The summed E-state index contributed by atoms with van der Waals surface area (Å²) >= 11 is 0. The zero-order chi connectivity index (χ0) is 18.8. The molecule has 0 bridgehead atoms. The van der Waals surface area contributed by atoms with Gasteiger partial charge in [0.2, 0.25) is 0 Å². The number of aliphatic hydroxyl groups is 1. The Morgan fingerprint density at radius 2 is 2.00 bits per heavy atom. The van der Waals surface area contributed by atoms with Gasteiger partial charge in [-0.05, 0) is 36.7 Å². The maximum absolute atomic E-state index is 10.9. The second-order valence-corrected chi connectivity index (χ2v) is 12.8. The van der Waals surface area contributed by atoms with Crippen molar-refractivity contribution in [2.75, 3.05) is 6.61 Å². The number of nitro groups is 1. The first kappa shape index (κ1) is 19.6. The van der Waals surface area contributed by atoms with Gasteiger partial charge in [0.15, 0.2) is 8.32 Å². The molecule has 0 radical (unpaired) electrons. The smallest absolute Gasteiger partial charge is 0.271 e. The lowest BCUT2D eigenvalue weighted by molar-refractivity contribution is -0.384. The predicted molar refractivity (Wildman–Crippen MR) is 102 cm³/mol. The van der Waals surface area contributed by atoms with E-state index in [1.54, 1.807) is 12.1 Å². The van der Waals surface area contributed by atoms with Gasteiger partial charge in [0, 0.05) is 30.3 Å². The number of non-ortho nitro benzene ring substituents is 1. The summed E-state index contributed by atoms with van der Waals surface area (Å²) in [6.45, 7) is 11.8. The summed E-state index contributed by atoms with van der Waals surface area (Å²) in [6, 6.07) is 6.76. The fourth-order valence-electron chi connectivity index (χ4n) is 2.37. The maximum Gasteiger partial charge on any atom is 0.271 e. The number of nitrogens with zero attached hydrogens (tertiary/aromatic N) is 2. The summed E-state index contributed by atoms with van der Waals surface area (Å²) in [4.78, 5) is 10.6. The van der Waals surface area contributed by atoms with Crippen molar-refractivity contribution >= 4 is 24.9 Å². The molecule has 1 aromatic carbocycles. The summed E-state index contributed by atoms with van der Waals surface area (Å²) in [7, 11) is -1.87. The number of aryl methyl sites for hydroxylation is 1. The summed E-state index contributed by atoms with van der Waals surface area (Å²) < 4.78 is 8.00. The molecule has 0 fully saturated rings. The van der Waals surface area contributed by atoms with Crippen molar-refractivity contribution in [1.82, 2.24) is 4.57 Å². The van der Waals surface area contributed by atoms with Gasteiger partial charge in [-0.25, -0.2) is 0 Å². The highest BCUT2D eigenvalue weighted by Crippen LogP contribution is 2.36. The third-order valence-electron chi connectivity index (χ3n) is 5.11. The molecule has 0 aliphatic heterocycles. The molecule has 1 heterocycles. The predicted octanol–water partition coefficient (Wildman–Crippen LogP) is 4.32. The number of benzene rings is 1. The summed E-state index contributed by atoms with van der Waals surface area (Å²) in [5, 5.41) is 22.3. The number of nitro benzene ring substituents is 1. The van der Waals surface area contributed by atoms with Gasteiger partial charge < -0.3 is 14.1 Å². The van der Waals surface area contributed by atoms with E-state index in [1.165, 1.54) is 6.07 Å². The van der Waals surface area contributed by atoms with Crippen molar-refractivity contribution in [2.45, 2.75) is 58.0 Å². The fourth-order valence-corrected chi connectivity index (χ4v) is 3.42. The van der Waals surface area contributed by atoms with E-state index < -0.39 is 19.3 Å². The molecule has 1 unspecified atom stereocenters. The molecular formula is C18H28N2O4Si. The Kier molecular flexibility index (Phi) is 5.71. The normalized spacial score (nSPS) is 14.0. The molecule has 0 aliphatic rings.